The van der Waals surface area contributed by atoms with Crippen LogP contribution in [0, 0.1) is 6.92 Å². The molecule has 2 aromatic carbocycles. The average Bonchev–Trinajstić information content (AvgIpc) is 3.37. The summed E-state index contributed by atoms with van der Waals surface area (Å²) in [6.45, 7) is 4.20. The van der Waals surface area contributed by atoms with E-state index >= 15 is 0 Å². The van der Waals surface area contributed by atoms with Crippen LogP contribution in [0.15, 0.2) is 85.2 Å². The molecular weight excluding hydrogens is 420 g/mol. The van der Waals surface area contributed by atoms with Crippen molar-refractivity contribution in [1.29, 1.82) is 0 Å². The molecule has 1 aliphatic rings. The van der Waals surface area contributed by atoms with Crippen molar-refractivity contribution >= 4 is 5.91 Å². The maximum Gasteiger partial charge on any atom is 0.254 e. The Balaban J connectivity index is 1.31. The Morgan fingerprint density at radius 1 is 1.03 bits per heavy atom. The third kappa shape index (κ3) is 5.09. The summed E-state index contributed by atoms with van der Waals surface area (Å²) in [6, 6.07) is 24.7. The van der Waals surface area contributed by atoms with E-state index in [1.807, 2.05) is 46.1 Å². The molecule has 1 unspecified atom stereocenters. The Labute approximate surface area is 201 Å². The van der Waals surface area contributed by atoms with E-state index in [1.54, 1.807) is 6.20 Å². The average molecular weight is 451 g/mol. The van der Waals surface area contributed by atoms with Crippen molar-refractivity contribution in [3.05, 3.63) is 119 Å². The minimum atomic E-state index is 0.100. The maximum atomic E-state index is 13.5. The second kappa shape index (κ2) is 10.0. The third-order valence-electron chi connectivity index (χ3n) is 6.56. The molecule has 3 heterocycles. The minimum absolute atomic E-state index is 0.100. The van der Waals surface area contributed by atoms with E-state index in [9.17, 15) is 4.79 Å². The second-order valence-electron chi connectivity index (χ2n) is 9.17. The fourth-order valence-electron chi connectivity index (χ4n) is 4.86. The highest BCUT2D eigenvalue weighted by Gasteiger charge is 2.27. The van der Waals surface area contributed by atoms with Crippen LogP contribution in [0.3, 0.4) is 0 Å². The van der Waals surface area contributed by atoms with Gasteiger partial charge in [-0.3, -0.25) is 14.5 Å². The highest BCUT2D eigenvalue weighted by molar-refractivity contribution is 5.95. The first-order valence-corrected chi connectivity index (χ1v) is 12.0. The van der Waals surface area contributed by atoms with Crippen LogP contribution in [0.4, 0.5) is 0 Å². The molecule has 0 N–H and O–H groups in total. The molecule has 1 fully saturated rings. The lowest BCUT2D eigenvalue weighted by Crippen LogP contribution is -2.39. The number of piperidine rings is 1. The summed E-state index contributed by atoms with van der Waals surface area (Å²) in [5, 5.41) is 4.30. The summed E-state index contributed by atoms with van der Waals surface area (Å²) in [7, 11) is 0. The predicted octanol–water partition coefficient (Wildman–Crippen LogP) is 5.25. The number of rotatable bonds is 6. The van der Waals surface area contributed by atoms with Crippen molar-refractivity contribution in [2.45, 2.75) is 38.6 Å². The van der Waals surface area contributed by atoms with Crippen LogP contribution >= 0.6 is 0 Å². The first-order valence-electron chi connectivity index (χ1n) is 12.0. The smallest absolute Gasteiger partial charge is 0.254 e. The summed E-state index contributed by atoms with van der Waals surface area (Å²) < 4.78 is 1.86. The first-order chi connectivity index (χ1) is 16.7. The largest absolute Gasteiger partial charge is 0.338 e. The SMILES string of the molecule is Cc1cccc(Cc2cccc(C3CCCN(C(=O)c4ccccc4Cn4cccn4)C3)n2)c1. The van der Waals surface area contributed by atoms with Crippen LogP contribution in [0.25, 0.3) is 0 Å². The van der Waals surface area contributed by atoms with Gasteiger partial charge in [-0.2, -0.15) is 5.10 Å². The molecule has 0 saturated carbocycles. The number of pyridine rings is 1. The van der Waals surface area contributed by atoms with E-state index in [4.69, 9.17) is 4.98 Å². The van der Waals surface area contributed by atoms with Gasteiger partial charge in [-0.1, -0.05) is 54.1 Å². The Hall–Kier alpha value is -3.73. The highest BCUT2D eigenvalue weighted by atomic mass is 16.2. The molecule has 2 aromatic heterocycles. The molecule has 0 radical (unpaired) electrons. The van der Waals surface area contributed by atoms with E-state index in [2.05, 4.69) is 54.5 Å². The van der Waals surface area contributed by atoms with Crippen molar-refractivity contribution in [3.63, 3.8) is 0 Å². The zero-order chi connectivity index (χ0) is 23.3. The van der Waals surface area contributed by atoms with Gasteiger partial charge in [0, 0.05) is 54.8 Å². The molecule has 34 heavy (non-hydrogen) atoms. The number of aromatic nitrogens is 3. The minimum Gasteiger partial charge on any atom is -0.338 e. The third-order valence-corrected chi connectivity index (χ3v) is 6.56. The number of benzene rings is 2. The number of likely N-dealkylation sites (tertiary alicyclic amines) is 1. The number of carbonyl (C=O) groups excluding carboxylic acids is 1. The fraction of sp³-hybridized carbons (Fsp3) is 0.276. The fourth-order valence-corrected chi connectivity index (χ4v) is 4.86. The number of carbonyl (C=O) groups is 1. The summed E-state index contributed by atoms with van der Waals surface area (Å²) in [4.78, 5) is 20.6. The molecule has 5 nitrogen and oxygen atoms in total. The monoisotopic (exact) mass is 450 g/mol. The topological polar surface area (TPSA) is 51.0 Å². The molecule has 4 aromatic rings. The van der Waals surface area contributed by atoms with Crippen LogP contribution in [-0.4, -0.2) is 38.7 Å². The van der Waals surface area contributed by atoms with Crippen LogP contribution < -0.4 is 0 Å². The molecule has 5 rings (SSSR count). The molecular formula is C29H30N4O. The van der Waals surface area contributed by atoms with Crippen LogP contribution in [0.1, 0.15) is 57.2 Å². The van der Waals surface area contributed by atoms with Gasteiger partial charge < -0.3 is 4.90 Å². The van der Waals surface area contributed by atoms with Crippen molar-refractivity contribution in [3.8, 4) is 0 Å². The summed E-state index contributed by atoms with van der Waals surface area (Å²) >= 11 is 0. The Kier molecular flexibility index (Phi) is 6.52. The first kappa shape index (κ1) is 22.1. The molecule has 5 heteroatoms. The summed E-state index contributed by atoms with van der Waals surface area (Å²) in [6.07, 6.45) is 6.56. The molecule has 1 aliphatic heterocycles. The van der Waals surface area contributed by atoms with E-state index < -0.39 is 0 Å². The van der Waals surface area contributed by atoms with Gasteiger partial charge in [0.1, 0.15) is 0 Å². The summed E-state index contributed by atoms with van der Waals surface area (Å²) in [5.74, 6) is 0.358. The lowest BCUT2D eigenvalue weighted by Gasteiger charge is -2.33. The Morgan fingerprint density at radius 3 is 2.76 bits per heavy atom. The van der Waals surface area contributed by atoms with Crippen LogP contribution in [0.2, 0.25) is 0 Å². The normalized spacial score (nSPS) is 15.9. The molecule has 0 bridgehead atoms. The van der Waals surface area contributed by atoms with E-state index in [0.717, 1.165) is 48.3 Å². The predicted molar refractivity (Wildman–Crippen MR) is 134 cm³/mol. The van der Waals surface area contributed by atoms with Gasteiger partial charge in [0.25, 0.3) is 5.91 Å². The number of hydrogen-bond acceptors (Lipinski definition) is 3. The van der Waals surface area contributed by atoms with Crippen molar-refractivity contribution in [1.82, 2.24) is 19.7 Å². The number of aryl methyl sites for hydroxylation is 1. The van der Waals surface area contributed by atoms with Gasteiger partial charge in [-0.25, -0.2) is 0 Å². The van der Waals surface area contributed by atoms with Gasteiger partial charge in [-0.15, -0.1) is 0 Å². The second-order valence-corrected chi connectivity index (χ2v) is 9.17. The van der Waals surface area contributed by atoms with Gasteiger partial charge >= 0.3 is 0 Å². The van der Waals surface area contributed by atoms with Crippen molar-refractivity contribution in [2.75, 3.05) is 13.1 Å². The van der Waals surface area contributed by atoms with E-state index in [-0.39, 0.29) is 11.8 Å². The molecule has 0 spiro atoms. The van der Waals surface area contributed by atoms with Gasteiger partial charge in [0.2, 0.25) is 0 Å². The Bertz CT molecular complexity index is 1260. The molecule has 1 amide bonds. The molecule has 0 aliphatic carbocycles. The molecule has 1 atom stereocenters. The molecule has 172 valence electrons. The van der Waals surface area contributed by atoms with Gasteiger partial charge in [0.15, 0.2) is 0 Å². The van der Waals surface area contributed by atoms with Gasteiger partial charge in [0.05, 0.1) is 6.54 Å². The lowest BCUT2D eigenvalue weighted by atomic mass is 9.93. The number of nitrogens with zero attached hydrogens (tertiary/aromatic N) is 4. The van der Waals surface area contributed by atoms with E-state index in [1.165, 1.54) is 11.1 Å². The standard InChI is InChI=1S/C29H30N4O/c1-22-8-4-9-23(18-22)19-26-12-5-14-28(31-26)25-11-6-16-32(20-25)29(34)27-13-3-2-10-24(27)21-33-17-7-15-30-33/h2-5,7-10,12-15,17-18,25H,6,11,16,19-21H2,1H3. The number of hydrogen-bond donors (Lipinski definition) is 0. The summed E-state index contributed by atoms with van der Waals surface area (Å²) in [5.41, 5.74) is 6.47. The van der Waals surface area contributed by atoms with Crippen LogP contribution in [-0.2, 0) is 13.0 Å². The highest BCUT2D eigenvalue weighted by Crippen LogP contribution is 2.28. The zero-order valence-corrected chi connectivity index (χ0v) is 19.6. The Morgan fingerprint density at radius 2 is 1.91 bits per heavy atom. The lowest BCUT2D eigenvalue weighted by molar-refractivity contribution is 0.0704. The van der Waals surface area contributed by atoms with Crippen molar-refractivity contribution in [2.24, 2.45) is 0 Å². The molecule has 1 saturated heterocycles. The number of amides is 1. The zero-order valence-electron chi connectivity index (χ0n) is 19.6. The maximum absolute atomic E-state index is 13.5. The van der Waals surface area contributed by atoms with Gasteiger partial charge in [-0.05, 0) is 55.2 Å². The van der Waals surface area contributed by atoms with E-state index in [0.29, 0.717) is 13.1 Å². The van der Waals surface area contributed by atoms with Crippen LogP contribution in [0.5, 0.6) is 0 Å². The van der Waals surface area contributed by atoms with Crippen molar-refractivity contribution < 1.29 is 4.79 Å². The quantitative estimate of drug-likeness (QED) is 0.403.